The molecule has 1 aromatic heterocycles. The Labute approximate surface area is 80.0 Å². The van der Waals surface area contributed by atoms with E-state index in [9.17, 15) is 0 Å². The van der Waals surface area contributed by atoms with Crippen molar-refractivity contribution in [3.63, 3.8) is 0 Å². The molecule has 0 fully saturated rings. The van der Waals surface area contributed by atoms with Crippen molar-refractivity contribution in [2.75, 3.05) is 0 Å². The standard InChI is InChI=1S/C11H18N2/c1-9(2)7-10-3-5-13-6-4-12-11(13)8-10/h4,6,9-10H,3,5,7-8H2,1-2H3/t10-/m0/s1. The third kappa shape index (κ3) is 1.93. The molecular weight excluding hydrogens is 160 g/mol. The summed E-state index contributed by atoms with van der Waals surface area (Å²) in [7, 11) is 0. The normalized spacial score (nSPS) is 21.9. The molecule has 0 saturated heterocycles. The molecule has 0 aliphatic carbocycles. The van der Waals surface area contributed by atoms with Gasteiger partial charge in [0.25, 0.3) is 0 Å². The van der Waals surface area contributed by atoms with Gasteiger partial charge in [-0.15, -0.1) is 0 Å². The van der Waals surface area contributed by atoms with E-state index in [2.05, 4.69) is 29.6 Å². The summed E-state index contributed by atoms with van der Waals surface area (Å²) in [6, 6.07) is 0. The second-order valence-corrected chi connectivity index (χ2v) is 4.53. The summed E-state index contributed by atoms with van der Waals surface area (Å²) in [5.41, 5.74) is 0. The maximum atomic E-state index is 4.38. The van der Waals surface area contributed by atoms with Gasteiger partial charge < -0.3 is 4.57 Å². The minimum Gasteiger partial charge on any atom is -0.335 e. The first-order chi connectivity index (χ1) is 6.25. The molecule has 1 aromatic rings. The molecule has 0 unspecified atom stereocenters. The van der Waals surface area contributed by atoms with Crippen molar-refractivity contribution < 1.29 is 0 Å². The zero-order valence-electron chi connectivity index (χ0n) is 8.53. The second-order valence-electron chi connectivity index (χ2n) is 4.53. The summed E-state index contributed by atoms with van der Waals surface area (Å²) in [5, 5.41) is 0. The number of fused-ring (bicyclic) bond motifs is 1. The van der Waals surface area contributed by atoms with Crippen LogP contribution in [0.4, 0.5) is 0 Å². The van der Waals surface area contributed by atoms with Gasteiger partial charge in [-0.05, 0) is 24.7 Å². The summed E-state index contributed by atoms with van der Waals surface area (Å²) < 4.78 is 2.29. The molecule has 72 valence electrons. The molecule has 0 amide bonds. The van der Waals surface area contributed by atoms with Crippen LogP contribution in [0, 0.1) is 11.8 Å². The lowest BCUT2D eigenvalue weighted by Crippen LogP contribution is -2.20. The summed E-state index contributed by atoms with van der Waals surface area (Å²) in [4.78, 5) is 4.38. The fourth-order valence-electron chi connectivity index (χ4n) is 2.28. The molecule has 2 heterocycles. The van der Waals surface area contributed by atoms with E-state index in [1.807, 2.05) is 6.20 Å². The molecule has 0 bridgehead atoms. The van der Waals surface area contributed by atoms with E-state index in [-0.39, 0.29) is 0 Å². The third-order valence-corrected chi connectivity index (χ3v) is 2.86. The molecule has 0 N–H and O–H groups in total. The average Bonchev–Trinajstić information content (AvgIpc) is 2.49. The van der Waals surface area contributed by atoms with Gasteiger partial charge >= 0.3 is 0 Å². The molecule has 2 heteroatoms. The largest absolute Gasteiger partial charge is 0.335 e. The maximum absolute atomic E-state index is 4.38. The molecule has 1 atom stereocenters. The molecule has 0 saturated carbocycles. The van der Waals surface area contributed by atoms with Crippen molar-refractivity contribution in [2.24, 2.45) is 11.8 Å². The fourth-order valence-corrected chi connectivity index (χ4v) is 2.28. The summed E-state index contributed by atoms with van der Waals surface area (Å²) in [6.45, 7) is 5.79. The zero-order chi connectivity index (χ0) is 9.26. The Hall–Kier alpha value is -0.790. The Morgan fingerprint density at radius 3 is 3.23 bits per heavy atom. The maximum Gasteiger partial charge on any atom is 0.108 e. The van der Waals surface area contributed by atoms with E-state index in [4.69, 9.17) is 0 Å². The summed E-state index contributed by atoms with van der Waals surface area (Å²) in [6.07, 6.45) is 7.90. The minimum atomic E-state index is 0.825. The van der Waals surface area contributed by atoms with E-state index < -0.39 is 0 Å². The van der Waals surface area contributed by atoms with Crippen molar-refractivity contribution in [2.45, 2.75) is 39.7 Å². The average molecular weight is 178 g/mol. The Morgan fingerprint density at radius 1 is 1.62 bits per heavy atom. The van der Waals surface area contributed by atoms with Gasteiger partial charge in [0, 0.05) is 25.4 Å². The minimum absolute atomic E-state index is 0.825. The zero-order valence-corrected chi connectivity index (χ0v) is 8.53. The van der Waals surface area contributed by atoms with E-state index in [0.29, 0.717) is 0 Å². The van der Waals surface area contributed by atoms with Crippen LogP contribution in [0.25, 0.3) is 0 Å². The van der Waals surface area contributed by atoms with Gasteiger partial charge in [0.15, 0.2) is 0 Å². The van der Waals surface area contributed by atoms with Crippen LogP contribution in [0.2, 0.25) is 0 Å². The molecule has 2 rings (SSSR count). The topological polar surface area (TPSA) is 17.8 Å². The van der Waals surface area contributed by atoms with Crippen molar-refractivity contribution in [1.82, 2.24) is 9.55 Å². The number of hydrogen-bond donors (Lipinski definition) is 0. The highest BCUT2D eigenvalue weighted by molar-refractivity contribution is 4.97. The number of hydrogen-bond acceptors (Lipinski definition) is 1. The van der Waals surface area contributed by atoms with Crippen LogP contribution < -0.4 is 0 Å². The first kappa shape index (κ1) is 8.79. The molecule has 1 aliphatic heterocycles. The Kier molecular flexibility index (Phi) is 2.38. The summed E-state index contributed by atoms with van der Waals surface area (Å²) >= 11 is 0. The molecule has 0 radical (unpaired) electrons. The van der Waals surface area contributed by atoms with E-state index in [0.717, 1.165) is 11.8 Å². The van der Waals surface area contributed by atoms with Crippen molar-refractivity contribution in [1.29, 1.82) is 0 Å². The third-order valence-electron chi connectivity index (χ3n) is 2.86. The quantitative estimate of drug-likeness (QED) is 0.680. The Bertz CT molecular complexity index is 275. The van der Waals surface area contributed by atoms with Gasteiger partial charge in [-0.25, -0.2) is 4.98 Å². The molecule has 13 heavy (non-hydrogen) atoms. The van der Waals surface area contributed by atoms with Crippen molar-refractivity contribution in [3.8, 4) is 0 Å². The van der Waals surface area contributed by atoms with Crippen molar-refractivity contribution >= 4 is 0 Å². The van der Waals surface area contributed by atoms with Crippen LogP contribution in [0.5, 0.6) is 0 Å². The van der Waals surface area contributed by atoms with Crippen LogP contribution in [-0.4, -0.2) is 9.55 Å². The number of aromatic nitrogens is 2. The van der Waals surface area contributed by atoms with Gasteiger partial charge in [-0.3, -0.25) is 0 Å². The SMILES string of the molecule is CC(C)C[C@@H]1CCn2ccnc2C1. The molecule has 0 aromatic carbocycles. The lowest BCUT2D eigenvalue weighted by atomic mass is 9.89. The number of aryl methyl sites for hydroxylation is 1. The molecule has 2 nitrogen and oxygen atoms in total. The highest BCUT2D eigenvalue weighted by atomic mass is 15.1. The van der Waals surface area contributed by atoms with Crippen LogP contribution in [0.15, 0.2) is 12.4 Å². The lowest BCUT2D eigenvalue weighted by molar-refractivity contribution is 0.324. The molecular formula is C11H18N2. The van der Waals surface area contributed by atoms with Gasteiger partial charge in [-0.2, -0.15) is 0 Å². The van der Waals surface area contributed by atoms with Crippen LogP contribution in [0.1, 0.15) is 32.5 Å². The van der Waals surface area contributed by atoms with Gasteiger partial charge in [0.2, 0.25) is 0 Å². The predicted octanol–water partition coefficient (Wildman–Crippen LogP) is 2.49. The first-order valence-corrected chi connectivity index (χ1v) is 5.25. The number of nitrogens with zero attached hydrogens (tertiary/aromatic N) is 2. The molecule has 0 spiro atoms. The Balaban J connectivity index is 2.00. The van der Waals surface area contributed by atoms with Crippen LogP contribution >= 0.6 is 0 Å². The van der Waals surface area contributed by atoms with Crippen molar-refractivity contribution in [3.05, 3.63) is 18.2 Å². The van der Waals surface area contributed by atoms with E-state index >= 15 is 0 Å². The first-order valence-electron chi connectivity index (χ1n) is 5.25. The van der Waals surface area contributed by atoms with Crippen LogP contribution in [-0.2, 0) is 13.0 Å². The van der Waals surface area contributed by atoms with Gasteiger partial charge in [0.1, 0.15) is 5.82 Å². The monoisotopic (exact) mass is 178 g/mol. The lowest BCUT2D eigenvalue weighted by Gasteiger charge is -2.24. The number of rotatable bonds is 2. The van der Waals surface area contributed by atoms with Gasteiger partial charge in [0.05, 0.1) is 0 Å². The van der Waals surface area contributed by atoms with Crippen LogP contribution in [0.3, 0.4) is 0 Å². The highest BCUT2D eigenvalue weighted by Crippen LogP contribution is 2.24. The van der Waals surface area contributed by atoms with E-state index in [1.54, 1.807) is 0 Å². The molecule has 1 aliphatic rings. The Morgan fingerprint density at radius 2 is 2.46 bits per heavy atom. The van der Waals surface area contributed by atoms with E-state index in [1.165, 1.54) is 31.6 Å². The second kappa shape index (κ2) is 3.52. The fraction of sp³-hybridized carbons (Fsp3) is 0.727. The number of imidazole rings is 1. The predicted molar refractivity (Wildman–Crippen MR) is 53.5 cm³/mol. The smallest absolute Gasteiger partial charge is 0.108 e. The summed E-state index contributed by atoms with van der Waals surface area (Å²) in [5.74, 6) is 2.98. The highest BCUT2D eigenvalue weighted by Gasteiger charge is 2.19. The van der Waals surface area contributed by atoms with Gasteiger partial charge in [-0.1, -0.05) is 13.8 Å².